The average Bonchev–Trinajstić information content (AvgIpc) is 2.53. The maximum Gasteiger partial charge on any atom is 0.433 e. The highest BCUT2D eigenvalue weighted by Crippen LogP contribution is 2.37. The van der Waals surface area contributed by atoms with Crippen molar-refractivity contribution in [1.29, 1.82) is 5.26 Å². The van der Waals surface area contributed by atoms with E-state index in [1.807, 2.05) is 24.8 Å². The molecule has 0 unspecified atom stereocenters. The summed E-state index contributed by atoms with van der Waals surface area (Å²) < 4.78 is 40.5. The van der Waals surface area contributed by atoms with Crippen LogP contribution in [0.25, 0.3) is 0 Å². The van der Waals surface area contributed by atoms with Crippen LogP contribution in [0.5, 0.6) is 0 Å². The van der Waals surface area contributed by atoms with Crippen molar-refractivity contribution in [2.45, 2.75) is 45.3 Å². The third-order valence-corrected chi connectivity index (χ3v) is 4.31. The predicted molar refractivity (Wildman–Crippen MR) is 84.5 cm³/mol. The smallest absolute Gasteiger partial charge is 0.335 e. The molecule has 1 aromatic heterocycles. The molecule has 1 saturated heterocycles. The van der Waals surface area contributed by atoms with E-state index in [0.29, 0.717) is 19.6 Å². The zero-order valence-electron chi connectivity index (χ0n) is 14.3. The van der Waals surface area contributed by atoms with Crippen LogP contribution in [-0.2, 0) is 11.6 Å². The molecule has 2 heterocycles. The Kier molecular flexibility index (Phi) is 5.04. The Bertz CT molecular complexity index is 634. The second kappa shape index (κ2) is 6.55. The highest BCUT2D eigenvalue weighted by atomic mass is 19.4. The highest BCUT2D eigenvalue weighted by Gasteiger charge is 2.41. The largest absolute Gasteiger partial charge is 0.433 e. The van der Waals surface area contributed by atoms with Gasteiger partial charge in [-0.25, -0.2) is 9.97 Å². The van der Waals surface area contributed by atoms with E-state index in [0.717, 1.165) is 6.20 Å². The summed E-state index contributed by atoms with van der Waals surface area (Å²) in [4.78, 5) is 9.80. The molecule has 5 nitrogen and oxygen atoms in total. The Morgan fingerprint density at radius 1 is 1.38 bits per heavy atom. The van der Waals surface area contributed by atoms with Gasteiger partial charge in [0, 0.05) is 37.4 Å². The molecular weight excluding hydrogens is 319 g/mol. The minimum atomic E-state index is -4.64. The van der Waals surface area contributed by atoms with Crippen LogP contribution in [0.2, 0.25) is 0 Å². The molecule has 0 saturated carbocycles. The summed E-state index contributed by atoms with van der Waals surface area (Å²) in [5.41, 5.74) is -2.54. The first-order valence-corrected chi connectivity index (χ1v) is 7.91. The maximum absolute atomic E-state index is 13.5. The summed E-state index contributed by atoms with van der Waals surface area (Å²) in [6, 6.07) is 1.92. The Hall–Kier alpha value is -1.88. The Balaban J connectivity index is 2.52. The van der Waals surface area contributed by atoms with Crippen LogP contribution in [0.4, 0.5) is 19.1 Å². The number of anilines is 1. The standard InChI is InChI=1S/C16H22F3N5/c1-10(2)12-8-21-5-6-24(12)14-22-7-11(15(3,4)9-20)13(23-14)16(17,18)19/h7,10,12,21H,5-6,8H2,1-4H3/t12-/m0/s1. The molecule has 1 N–H and O–H groups in total. The number of halogens is 3. The number of nitrogens with one attached hydrogen (secondary N) is 1. The lowest BCUT2D eigenvalue weighted by Crippen LogP contribution is -2.54. The first kappa shape index (κ1) is 18.5. The van der Waals surface area contributed by atoms with E-state index < -0.39 is 17.3 Å². The molecule has 1 fully saturated rings. The lowest BCUT2D eigenvalue weighted by molar-refractivity contribution is -0.142. The number of rotatable bonds is 3. The number of alkyl halides is 3. The SMILES string of the molecule is CC(C)[C@@H]1CNCCN1c1ncc(C(C)(C)C#N)c(C(F)(F)F)n1. The first-order valence-electron chi connectivity index (χ1n) is 7.91. The minimum absolute atomic E-state index is 0.0228. The van der Waals surface area contributed by atoms with Crippen molar-refractivity contribution < 1.29 is 13.2 Å². The van der Waals surface area contributed by atoms with Crippen LogP contribution in [0.15, 0.2) is 6.20 Å². The molecule has 0 bridgehead atoms. The summed E-state index contributed by atoms with van der Waals surface area (Å²) in [6.07, 6.45) is -3.49. The van der Waals surface area contributed by atoms with Gasteiger partial charge in [0.15, 0.2) is 5.69 Å². The van der Waals surface area contributed by atoms with Crippen molar-refractivity contribution >= 4 is 5.95 Å². The lowest BCUT2D eigenvalue weighted by atomic mass is 9.86. The first-order chi connectivity index (χ1) is 11.1. The molecular formula is C16H22F3N5. The number of aromatic nitrogens is 2. The normalized spacial score (nSPS) is 19.5. The minimum Gasteiger partial charge on any atom is -0.335 e. The van der Waals surface area contributed by atoms with Crippen LogP contribution in [0.1, 0.15) is 39.0 Å². The number of nitrogens with zero attached hydrogens (tertiary/aromatic N) is 4. The summed E-state index contributed by atoms with van der Waals surface area (Å²) in [6.45, 7) is 8.78. The van der Waals surface area contributed by atoms with Gasteiger partial charge in [-0.05, 0) is 19.8 Å². The van der Waals surface area contributed by atoms with Gasteiger partial charge in [-0.1, -0.05) is 13.8 Å². The molecule has 0 aromatic carbocycles. The fraction of sp³-hybridized carbons (Fsp3) is 0.688. The Morgan fingerprint density at radius 3 is 2.58 bits per heavy atom. The van der Waals surface area contributed by atoms with Gasteiger partial charge in [-0.15, -0.1) is 0 Å². The van der Waals surface area contributed by atoms with Gasteiger partial charge in [0.25, 0.3) is 0 Å². The summed E-state index contributed by atoms with van der Waals surface area (Å²) in [7, 11) is 0. The van der Waals surface area contributed by atoms with Crippen molar-refractivity contribution in [2.75, 3.05) is 24.5 Å². The van der Waals surface area contributed by atoms with Gasteiger partial charge in [-0.3, -0.25) is 0 Å². The third-order valence-electron chi connectivity index (χ3n) is 4.31. The molecule has 8 heteroatoms. The molecule has 0 spiro atoms. The zero-order valence-corrected chi connectivity index (χ0v) is 14.3. The molecule has 24 heavy (non-hydrogen) atoms. The fourth-order valence-corrected chi connectivity index (χ4v) is 2.81. The van der Waals surface area contributed by atoms with E-state index >= 15 is 0 Å². The van der Waals surface area contributed by atoms with Crippen LogP contribution in [0, 0.1) is 17.2 Å². The quantitative estimate of drug-likeness (QED) is 0.916. The van der Waals surface area contributed by atoms with Crippen molar-refractivity contribution in [3.63, 3.8) is 0 Å². The molecule has 0 aliphatic carbocycles. The molecule has 1 aliphatic heterocycles. The highest BCUT2D eigenvalue weighted by molar-refractivity contribution is 5.41. The van der Waals surface area contributed by atoms with Crippen LogP contribution >= 0.6 is 0 Å². The Labute approximate surface area is 139 Å². The topological polar surface area (TPSA) is 64.8 Å². The van der Waals surface area contributed by atoms with Gasteiger partial charge in [0.05, 0.1) is 11.5 Å². The fourth-order valence-electron chi connectivity index (χ4n) is 2.81. The lowest BCUT2D eigenvalue weighted by Gasteiger charge is -2.39. The van der Waals surface area contributed by atoms with E-state index in [4.69, 9.17) is 0 Å². The molecule has 1 aromatic rings. The zero-order chi connectivity index (χ0) is 18.1. The molecule has 0 amide bonds. The van der Waals surface area contributed by atoms with E-state index in [2.05, 4.69) is 15.3 Å². The third kappa shape index (κ3) is 3.61. The van der Waals surface area contributed by atoms with Gasteiger partial charge in [0.1, 0.15) is 0 Å². The molecule has 1 aliphatic rings. The Morgan fingerprint density at radius 2 is 2.04 bits per heavy atom. The van der Waals surface area contributed by atoms with Crippen LogP contribution < -0.4 is 10.2 Å². The van der Waals surface area contributed by atoms with Gasteiger partial charge < -0.3 is 10.2 Å². The second-order valence-corrected chi connectivity index (χ2v) is 6.88. The van der Waals surface area contributed by atoms with Crippen molar-refractivity contribution in [1.82, 2.24) is 15.3 Å². The molecule has 132 valence electrons. The van der Waals surface area contributed by atoms with Gasteiger partial charge in [-0.2, -0.15) is 18.4 Å². The average molecular weight is 341 g/mol. The van der Waals surface area contributed by atoms with Crippen molar-refractivity contribution in [2.24, 2.45) is 5.92 Å². The summed E-state index contributed by atoms with van der Waals surface area (Å²) in [5.74, 6) is 0.311. The van der Waals surface area contributed by atoms with E-state index in [1.165, 1.54) is 13.8 Å². The number of hydrogen-bond donors (Lipinski definition) is 1. The van der Waals surface area contributed by atoms with Gasteiger partial charge in [0.2, 0.25) is 5.95 Å². The van der Waals surface area contributed by atoms with Crippen molar-refractivity contribution in [3.8, 4) is 6.07 Å². The monoisotopic (exact) mass is 341 g/mol. The number of piperazine rings is 1. The summed E-state index contributed by atoms with van der Waals surface area (Å²) >= 11 is 0. The van der Waals surface area contributed by atoms with Gasteiger partial charge >= 0.3 is 6.18 Å². The molecule has 1 atom stereocenters. The van der Waals surface area contributed by atoms with E-state index in [9.17, 15) is 18.4 Å². The predicted octanol–water partition coefficient (Wildman–Crippen LogP) is 2.73. The summed E-state index contributed by atoms with van der Waals surface area (Å²) in [5, 5.41) is 12.4. The molecule has 2 rings (SSSR count). The van der Waals surface area contributed by atoms with E-state index in [1.54, 1.807) is 0 Å². The van der Waals surface area contributed by atoms with Crippen LogP contribution in [0.3, 0.4) is 0 Å². The molecule has 0 radical (unpaired) electrons. The second-order valence-electron chi connectivity index (χ2n) is 6.88. The van der Waals surface area contributed by atoms with Crippen LogP contribution in [-0.4, -0.2) is 35.6 Å². The van der Waals surface area contributed by atoms with Crippen molar-refractivity contribution in [3.05, 3.63) is 17.5 Å². The number of hydrogen-bond acceptors (Lipinski definition) is 5. The number of nitriles is 1. The maximum atomic E-state index is 13.5. The van der Waals surface area contributed by atoms with E-state index in [-0.39, 0.29) is 23.5 Å².